The van der Waals surface area contributed by atoms with Gasteiger partial charge in [-0.25, -0.2) is 12.8 Å². The topological polar surface area (TPSA) is 66.5 Å². The van der Waals surface area contributed by atoms with Crippen molar-refractivity contribution < 1.29 is 17.6 Å². The number of carbonyl (C=O) groups is 1. The van der Waals surface area contributed by atoms with Gasteiger partial charge in [-0.2, -0.15) is 4.31 Å². The second-order valence-corrected chi connectivity index (χ2v) is 6.75. The molecule has 1 aromatic rings. The van der Waals surface area contributed by atoms with Crippen LogP contribution >= 0.6 is 0 Å². The molecule has 1 N–H and O–H groups in total. The largest absolute Gasteiger partial charge is 0.355 e. The molecule has 110 valence electrons. The molecule has 1 aromatic carbocycles. The number of carbonyl (C=O) groups excluding carboxylic acids is 1. The van der Waals surface area contributed by atoms with Crippen molar-refractivity contribution in [2.24, 2.45) is 0 Å². The Hall–Kier alpha value is -1.47. The Kier molecular flexibility index (Phi) is 4.10. The fraction of sp³-hybridized carbons (Fsp3) is 0.462. The van der Waals surface area contributed by atoms with Crippen molar-refractivity contribution in [3.8, 4) is 0 Å². The predicted molar refractivity (Wildman–Crippen MR) is 72.3 cm³/mol. The van der Waals surface area contributed by atoms with Gasteiger partial charge in [0.15, 0.2) is 0 Å². The van der Waals surface area contributed by atoms with Gasteiger partial charge >= 0.3 is 0 Å². The maximum atomic E-state index is 13.3. The molecule has 20 heavy (non-hydrogen) atoms. The maximum Gasteiger partial charge on any atom is 0.243 e. The zero-order chi connectivity index (χ0) is 14.9. The van der Waals surface area contributed by atoms with E-state index in [1.54, 1.807) is 13.8 Å². The number of nitrogens with zero attached hydrogens (tertiary/aromatic N) is 1. The molecule has 1 fully saturated rings. The van der Waals surface area contributed by atoms with E-state index in [0.29, 0.717) is 11.1 Å². The first-order valence-electron chi connectivity index (χ1n) is 6.36. The molecular weight excluding hydrogens is 283 g/mol. The molecule has 2 rings (SSSR count). The minimum atomic E-state index is -3.71. The zero-order valence-electron chi connectivity index (χ0n) is 11.4. The zero-order valence-corrected chi connectivity index (χ0v) is 12.3. The summed E-state index contributed by atoms with van der Waals surface area (Å²) in [7, 11) is -3.71. The van der Waals surface area contributed by atoms with Crippen molar-refractivity contribution in [1.29, 1.82) is 0 Å². The van der Waals surface area contributed by atoms with Gasteiger partial charge in [-0.05, 0) is 37.1 Å². The molecular formula is C13H17FN2O3S. The van der Waals surface area contributed by atoms with Crippen molar-refractivity contribution in [1.82, 2.24) is 9.62 Å². The smallest absolute Gasteiger partial charge is 0.243 e. The first kappa shape index (κ1) is 14.9. The van der Waals surface area contributed by atoms with Crippen molar-refractivity contribution >= 4 is 15.9 Å². The van der Waals surface area contributed by atoms with Crippen LogP contribution in [0.5, 0.6) is 0 Å². The minimum Gasteiger partial charge on any atom is -0.355 e. The summed E-state index contributed by atoms with van der Waals surface area (Å²) in [5.74, 6) is -0.609. The Balaban J connectivity index is 2.42. The average Bonchev–Trinajstić information content (AvgIpc) is 2.52. The summed E-state index contributed by atoms with van der Waals surface area (Å²) in [6.45, 7) is 3.81. The van der Waals surface area contributed by atoms with E-state index in [-0.39, 0.29) is 36.9 Å². The van der Waals surface area contributed by atoms with Crippen LogP contribution < -0.4 is 5.32 Å². The van der Waals surface area contributed by atoms with Gasteiger partial charge in [0, 0.05) is 26.1 Å². The van der Waals surface area contributed by atoms with Crippen LogP contribution in [0.15, 0.2) is 17.0 Å². The summed E-state index contributed by atoms with van der Waals surface area (Å²) >= 11 is 0. The summed E-state index contributed by atoms with van der Waals surface area (Å²) < 4.78 is 39.9. The van der Waals surface area contributed by atoms with Crippen LogP contribution in [-0.2, 0) is 14.8 Å². The van der Waals surface area contributed by atoms with Gasteiger partial charge in [-0.3, -0.25) is 4.79 Å². The Morgan fingerprint density at radius 3 is 2.40 bits per heavy atom. The standard InChI is InChI=1S/C13H17FN2O3S/c1-9-7-11(14)8-10(2)13(9)20(18,19)16-5-3-12(17)15-4-6-16/h7-8H,3-6H2,1-2H3,(H,15,17). The van der Waals surface area contributed by atoms with Crippen LogP contribution in [0.25, 0.3) is 0 Å². The molecule has 5 nitrogen and oxygen atoms in total. The van der Waals surface area contributed by atoms with Crippen LogP contribution in [0.2, 0.25) is 0 Å². The summed E-state index contributed by atoms with van der Waals surface area (Å²) in [6.07, 6.45) is 0.137. The third kappa shape index (κ3) is 2.83. The van der Waals surface area contributed by atoms with Gasteiger partial charge in [0.1, 0.15) is 5.82 Å². The monoisotopic (exact) mass is 300 g/mol. The Morgan fingerprint density at radius 1 is 1.20 bits per heavy atom. The molecule has 1 saturated heterocycles. The highest BCUT2D eigenvalue weighted by Crippen LogP contribution is 2.25. The molecule has 0 bridgehead atoms. The average molecular weight is 300 g/mol. The molecule has 0 spiro atoms. The molecule has 0 saturated carbocycles. The van der Waals surface area contributed by atoms with Crippen LogP contribution in [0.4, 0.5) is 4.39 Å². The third-order valence-corrected chi connectivity index (χ3v) is 5.50. The fourth-order valence-corrected chi connectivity index (χ4v) is 4.27. The number of halogens is 1. The lowest BCUT2D eigenvalue weighted by Crippen LogP contribution is -2.35. The van der Waals surface area contributed by atoms with Crippen LogP contribution in [0.3, 0.4) is 0 Å². The summed E-state index contributed by atoms with van der Waals surface area (Å²) in [5, 5.41) is 2.63. The van der Waals surface area contributed by atoms with E-state index in [1.807, 2.05) is 0 Å². The summed E-state index contributed by atoms with van der Waals surface area (Å²) in [4.78, 5) is 11.4. The summed E-state index contributed by atoms with van der Waals surface area (Å²) in [5.41, 5.74) is 0.761. The first-order chi connectivity index (χ1) is 9.32. The third-order valence-electron chi connectivity index (χ3n) is 3.29. The molecule has 0 unspecified atom stereocenters. The van der Waals surface area contributed by atoms with E-state index in [2.05, 4.69) is 5.32 Å². The molecule has 7 heteroatoms. The molecule has 0 aromatic heterocycles. The Labute approximate surface area is 117 Å². The number of sulfonamides is 1. The van der Waals surface area contributed by atoms with E-state index in [0.717, 1.165) is 0 Å². The number of aryl methyl sites for hydroxylation is 2. The van der Waals surface area contributed by atoms with E-state index < -0.39 is 15.8 Å². The lowest BCUT2D eigenvalue weighted by Gasteiger charge is -2.21. The quantitative estimate of drug-likeness (QED) is 0.884. The van der Waals surface area contributed by atoms with E-state index >= 15 is 0 Å². The second-order valence-electron chi connectivity index (χ2n) is 4.87. The fourth-order valence-electron chi connectivity index (χ4n) is 2.42. The van der Waals surface area contributed by atoms with Gasteiger partial charge in [-0.1, -0.05) is 0 Å². The highest BCUT2D eigenvalue weighted by atomic mass is 32.2. The molecule has 1 heterocycles. The number of rotatable bonds is 2. The van der Waals surface area contributed by atoms with Gasteiger partial charge in [0.05, 0.1) is 4.90 Å². The molecule has 1 aliphatic rings. The van der Waals surface area contributed by atoms with Gasteiger partial charge in [-0.15, -0.1) is 0 Å². The molecule has 0 aliphatic carbocycles. The van der Waals surface area contributed by atoms with Crippen LogP contribution in [-0.4, -0.2) is 38.3 Å². The highest BCUT2D eigenvalue weighted by Gasteiger charge is 2.29. The molecule has 1 aliphatic heterocycles. The van der Waals surface area contributed by atoms with Gasteiger partial charge < -0.3 is 5.32 Å². The maximum absolute atomic E-state index is 13.3. The van der Waals surface area contributed by atoms with Crippen molar-refractivity contribution in [2.75, 3.05) is 19.6 Å². The van der Waals surface area contributed by atoms with Crippen molar-refractivity contribution in [2.45, 2.75) is 25.2 Å². The first-order valence-corrected chi connectivity index (χ1v) is 7.80. The molecule has 1 amide bonds. The summed E-state index contributed by atoms with van der Waals surface area (Å²) in [6, 6.07) is 2.42. The Morgan fingerprint density at radius 2 is 1.80 bits per heavy atom. The van der Waals surface area contributed by atoms with Crippen molar-refractivity contribution in [3.05, 3.63) is 29.1 Å². The molecule has 0 atom stereocenters. The van der Waals surface area contributed by atoms with E-state index in [4.69, 9.17) is 0 Å². The van der Waals surface area contributed by atoms with Crippen molar-refractivity contribution in [3.63, 3.8) is 0 Å². The lowest BCUT2D eigenvalue weighted by atomic mass is 10.1. The number of amides is 1. The van der Waals surface area contributed by atoms with Gasteiger partial charge in [0.2, 0.25) is 15.9 Å². The predicted octanol–water partition coefficient (Wildman–Crippen LogP) is 0.953. The Bertz CT molecular complexity index is 620. The lowest BCUT2D eigenvalue weighted by molar-refractivity contribution is -0.120. The molecule has 0 radical (unpaired) electrons. The van der Waals surface area contributed by atoms with E-state index in [1.165, 1.54) is 16.4 Å². The van der Waals surface area contributed by atoms with Gasteiger partial charge in [0.25, 0.3) is 0 Å². The number of hydrogen-bond donors (Lipinski definition) is 1. The normalized spacial score (nSPS) is 17.6. The van der Waals surface area contributed by atoms with Crippen LogP contribution in [0.1, 0.15) is 17.5 Å². The minimum absolute atomic E-state index is 0.133. The second kappa shape index (κ2) is 5.49. The number of hydrogen-bond acceptors (Lipinski definition) is 3. The SMILES string of the molecule is Cc1cc(F)cc(C)c1S(=O)(=O)N1CCNC(=O)CC1. The van der Waals surface area contributed by atoms with Crippen LogP contribution in [0, 0.1) is 19.7 Å². The number of nitrogens with one attached hydrogen (secondary N) is 1. The number of benzene rings is 1. The van der Waals surface area contributed by atoms with E-state index in [9.17, 15) is 17.6 Å². The highest BCUT2D eigenvalue weighted by molar-refractivity contribution is 7.89.